The molecule has 5 rings (SSSR count). The largest absolute Gasteiger partial charge is 0.218 e. The van der Waals surface area contributed by atoms with Gasteiger partial charge in [0.1, 0.15) is 0 Å². The van der Waals surface area contributed by atoms with Gasteiger partial charge in [-0.05, 0) is 53.3 Å². The van der Waals surface area contributed by atoms with Gasteiger partial charge in [-0.2, -0.15) is 0 Å². The molecule has 3 heteroatoms. The summed E-state index contributed by atoms with van der Waals surface area (Å²) in [6, 6.07) is 31.8. The predicted molar refractivity (Wildman–Crippen MR) is 116 cm³/mol. The smallest absolute Gasteiger partial charge is 0.207 e. The Bertz CT molecular complexity index is 1290. The second kappa shape index (κ2) is 7.02. The van der Waals surface area contributed by atoms with Crippen LogP contribution in [-0.4, -0.2) is 8.42 Å². The molecule has 0 radical (unpaired) electrons. The van der Waals surface area contributed by atoms with Crippen LogP contribution in [0.4, 0.5) is 0 Å². The number of hydrogen-bond donors (Lipinski definition) is 0. The molecule has 0 saturated heterocycles. The van der Waals surface area contributed by atoms with E-state index in [4.69, 9.17) is 0 Å². The van der Waals surface area contributed by atoms with Gasteiger partial charge in [-0.15, -0.1) is 0 Å². The molecular formula is C26H20O2S. The number of fused-ring (bicyclic) bond motifs is 3. The van der Waals surface area contributed by atoms with Crippen LogP contribution >= 0.6 is 0 Å². The fourth-order valence-electron chi connectivity index (χ4n) is 4.10. The minimum atomic E-state index is -3.47. The maximum absolute atomic E-state index is 13.1. The third-order valence-corrected chi connectivity index (χ3v) is 7.38. The first kappa shape index (κ1) is 17.9. The normalized spacial score (nSPS) is 13.7. The van der Waals surface area contributed by atoms with Crippen molar-refractivity contribution in [2.45, 2.75) is 22.6 Å². The zero-order valence-electron chi connectivity index (χ0n) is 15.9. The SMILES string of the molecule is O=S1(=O)c2ccccc2-c2cc(Cc3ccccc3)c(Cc3ccccc3)cc21. The molecule has 0 saturated carbocycles. The van der Waals surface area contributed by atoms with Crippen molar-refractivity contribution >= 4 is 9.84 Å². The fourth-order valence-corrected chi connectivity index (χ4v) is 5.82. The first-order chi connectivity index (χ1) is 14.1. The average molecular weight is 397 g/mol. The van der Waals surface area contributed by atoms with E-state index >= 15 is 0 Å². The van der Waals surface area contributed by atoms with Gasteiger partial charge in [-0.25, -0.2) is 8.42 Å². The van der Waals surface area contributed by atoms with E-state index in [-0.39, 0.29) is 0 Å². The van der Waals surface area contributed by atoms with Crippen LogP contribution in [-0.2, 0) is 22.7 Å². The van der Waals surface area contributed by atoms with Gasteiger partial charge in [0.15, 0.2) is 0 Å². The Hall–Kier alpha value is -3.17. The van der Waals surface area contributed by atoms with Crippen LogP contribution in [0.3, 0.4) is 0 Å². The van der Waals surface area contributed by atoms with Gasteiger partial charge >= 0.3 is 0 Å². The summed E-state index contributed by atoms with van der Waals surface area (Å²) in [5, 5.41) is 0. The average Bonchev–Trinajstić information content (AvgIpc) is 2.97. The maximum Gasteiger partial charge on any atom is 0.207 e. The topological polar surface area (TPSA) is 34.1 Å². The van der Waals surface area contributed by atoms with Crippen LogP contribution in [0.1, 0.15) is 22.3 Å². The van der Waals surface area contributed by atoms with Gasteiger partial charge < -0.3 is 0 Å². The Kier molecular flexibility index (Phi) is 4.33. The Morgan fingerprint density at radius 2 is 1.03 bits per heavy atom. The Balaban J connectivity index is 1.69. The molecule has 0 aromatic heterocycles. The van der Waals surface area contributed by atoms with Crippen LogP contribution in [0.15, 0.2) is 107 Å². The molecule has 4 aromatic rings. The highest BCUT2D eigenvalue weighted by atomic mass is 32.2. The Labute approximate surface area is 171 Å². The summed E-state index contributed by atoms with van der Waals surface area (Å²) in [6.45, 7) is 0. The van der Waals surface area contributed by atoms with Crippen molar-refractivity contribution in [2.24, 2.45) is 0 Å². The van der Waals surface area contributed by atoms with Crippen molar-refractivity contribution in [1.82, 2.24) is 0 Å². The first-order valence-corrected chi connectivity index (χ1v) is 11.2. The zero-order valence-corrected chi connectivity index (χ0v) is 16.7. The summed E-state index contributed by atoms with van der Waals surface area (Å²) >= 11 is 0. The molecule has 0 N–H and O–H groups in total. The van der Waals surface area contributed by atoms with E-state index in [0.29, 0.717) is 16.2 Å². The van der Waals surface area contributed by atoms with Crippen molar-refractivity contribution in [3.63, 3.8) is 0 Å². The van der Waals surface area contributed by atoms with Crippen molar-refractivity contribution < 1.29 is 8.42 Å². The van der Waals surface area contributed by atoms with Crippen molar-refractivity contribution in [3.8, 4) is 11.1 Å². The molecule has 1 heterocycles. The van der Waals surface area contributed by atoms with Crippen molar-refractivity contribution in [3.05, 3.63) is 119 Å². The molecule has 0 amide bonds. The fraction of sp³-hybridized carbons (Fsp3) is 0.0769. The van der Waals surface area contributed by atoms with Gasteiger partial charge in [-0.1, -0.05) is 78.9 Å². The molecule has 4 aromatic carbocycles. The summed E-state index contributed by atoms with van der Waals surface area (Å²) < 4.78 is 26.3. The second-order valence-electron chi connectivity index (χ2n) is 7.44. The summed E-state index contributed by atoms with van der Waals surface area (Å²) in [6.07, 6.45) is 1.49. The monoisotopic (exact) mass is 396 g/mol. The molecule has 0 atom stereocenters. The van der Waals surface area contributed by atoms with Crippen LogP contribution in [0.2, 0.25) is 0 Å². The predicted octanol–water partition coefficient (Wildman–Crippen LogP) is 5.68. The molecule has 0 aliphatic carbocycles. The number of rotatable bonds is 4. The molecule has 0 spiro atoms. The van der Waals surface area contributed by atoms with Crippen LogP contribution in [0.25, 0.3) is 11.1 Å². The third kappa shape index (κ3) is 3.18. The van der Waals surface area contributed by atoms with Gasteiger partial charge in [0, 0.05) is 11.1 Å². The molecule has 29 heavy (non-hydrogen) atoms. The van der Waals surface area contributed by atoms with Crippen molar-refractivity contribution in [1.29, 1.82) is 0 Å². The van der Waals surface area contributed by atoms with E-state index in [1.807, 2.05) is 54.6 Å². The zero-order chi connectivity index (χ0) is 19.8. The highest BCUT2D eigenvalue weighted by molar-refractivity contribution is 7.92. The molecule has 0 unspecified atom stereocenters. The van der Waals surface area contributed by atoms with E-state index in [9.17, 15) is 8.42 Å². The van der Waals surface area contributed by atoms with E-state index in [2.05, 4.69) is 30.3 Å². The van der Waals surface area contributed by atoms with Crippen LogP contribution in [0, 0.1) is 0 Å². The summed E-state index contributed by atoms with van der Waals surface area (Å²) in [7, 11) is -3.47. The van der Waals surface area contributed by atoms with E-state index < -0.39 is 9.84 Å². The van der Waals surface area contributed by atoms with Crippen molar-refractivity contribution in [2.75, 3.05) is 0 Å². The van der Waals surface area contributed by atoms with E-state index in [1.54, 1.807) is 12.1 Å². The maximum atomic E-state index is 13.1. The second-order valence-corrected chi connectivity index (χ2v) is 9.33. The summed E-state index contributed by atoms with van der Waals surface area (Å²) in [5.74, 6) is 0. The lowest BCUT2D eigenvalue weighted by Crippen LogP contribution is -2.02. The number of benzene rings is 4. The molecule has 1 aliphatic rings. The Morgan fingerprint density at radius 3 is 1.66 bits per heavy atom. The third-order valence-electron chi connectivity index (χ3n) is 5.53. The lowest BCUT2D eigenvalue weighted by Gasteiger charge is -2.13. The lowest BCUT2D eigenvalue weighted by atomic mass is 9.92. The standard InChI is InChI=1S/C26H20O2S/c27-29(28)25-14-8-7-13-23(25)24-17-21(15-19-9-3-1-4-10-19)22(18-26(24)29)16-20-11-5-2-6-12-20/h1-14,17-18H,15-16H2. The quantitative estimate of drug-likeness (QED) is 0.392. The highest BCUT2D eigenvalue weighted by Gasteiger charge is 2.33. The minimum Gasteiger partial charge on any atom is -0.218 e. The van der Waals surface area contributed by atoms with E-state index in [1.165, 1.54) is 16.7 Å². The van der Waals surface area contributed by atoms with Gasteiger partial charge in [0.25, 0.3) is 0 Å². The van der Waals surface area contributed by atoms with Gasteiger partial charge in [-0.3, -0.25) is 0 Å². The van der Waals surface area contributed by atoms with E-state index in [0.717, 1.165) is 23.1 Å². The number of hydrogen-bond acceptors (Lipinski definition) is 2. The molecule has 2 nitrogen and oxygen atoms in total. The molecular weight excluding hydrogens is 376 g/mol. The van der Waals surface area contributed by atoms with Crippen LogP contribution in [0.5, 0.6) is 0 Å². The van der Waals surface area contributed by atoms with Gasteiger partial charge in [0.2, 0.25) is 9.84 Å². The highest BCUT2D eigenvalue weighted by Crippen LogP contribution is 2.44. The first-order valence-electron chi connectivity index (χ1n) is 9.71. The molecule has 0 bridgehead atoms. The Morgan fingerprint density at radius 1 is 0.517 bits per heavy atom. The molecule has 0 fully saturated rings. The summed E-state index contributed by atoms with van der Waals surface area (Å²) in [4.78, 5) is 0.846. The lowest BCUT2D eigenvalue weighted by molar-refractivity contribution is 0.598. The summed E-state index contributed by atoms with van der Waals surface area (Å²) in [5.41, 5.74) is 6.26. The number of sulfone groups is 1. The molecule has 1 aliphatic heterocycles. The molecule has 142 valence electrons. The van der Waals surface area contributed by atoms with Gasteiger partial charge in [0.05, 0.1) is 9.79 Å². The van der Waals surface area contributed by atoms with Crippen LogP contribution < -0.4 is 0 Å². The minimum absolute atomic E-state index is 0.414.